The van der Waals surface area contributed by atoms with Gasteiger partial charge in [-0.3, -0.25) is 4.79 Å². The Balaban J connectivity index is 1.35. The Kier molecular flexibility index (Phi) is 4.52. The van der Waals surface area contributed by atoms with Gasteiger partial charge in [0.1, 0.15) is 11.6 Å². The van der Waals surface area contributed by atoms with Crippen LogP contribution < -0.4 is 5.32 Å². The minimum absolute atomic E-state index is 0.00610. The molecule has 0 aromatic heterocycles. The third-order valence-electron chi connectivity index (χ3n) is 6.09. The smallest absolute Gasteiger partial charge is 0.223 e. The van der Waals surface area contributed by atoms with Crippen LogP contribution in [0, 0.1) is 17.6 Å². The van der Waals surface area contributed by atoms with Gasteiger partial charge in [0.05, 0.1) is 5.60 Å². The van der Waals surface area contributed by atoms with E-state index in [2.05, 4.69) is 5.32 Å². The van der Waals surface area contributed by atoms with Gasteiger partial charge in [-0.15, -0.1) is 0 Å². The fourth-order valence-electron chi connectivity index (χ4n) is 4.63. The molecule has 25 heavy (non-hydrogen) atoms. The number of carbonyl (C=O) groups excluding carboxylic acids is 1. The monoisotopic (exact) mass is 349 g/mol. The van der Waals surface area contributed by atoms with Gasteiger partial charge in [0.15, 0.2) is 0 Å². The van der Waals surface area contributed by atoms with E-state index in [-0.39, 0.29) is 29.4 Å². The summed E-state index contributed by atoms with van der Waals surface area (Å²) in [6.07, 6.45) is 8.23. The van der Waals surface area contributed by atoms with Crippen LogP contribution in [0.4, 0.5) is 8.78 Å². The Morgan fingerprint density at radius 1 is 1.20 bits per heavy atom. The van der Waals surface area contributed by atoms with Crippen LogP contribution >= 0.6 is 0 Å². The SMILES string of the molecule is O=C(N[C@@H]1CCOC2(CCCCC2)C1)[C@@H]1C[C@@H]1c1ccc(F)cc1F. The third-order valence-corrected chi connectivity index (χ3v) is 6.09. The molecule has 3 atom stereocenters. The molecule has 3 fully saturated rings. The van der Waals surface area contributed by atoms with Crippen molar-refractivity contribution >= 4 is 5.91 Å². The van der Waals surface area contributed by atoms with Gasteiger partial charge in [0.25, 0.3) is 0 Å². The van der Waals surface area contributed by atoms with Gasteiger partial charge in [-0.25, -0.2) is 8.78 Å². The molecule has 1 aromatic carbocycles. The van der Waals surface area contributed by atoms with E-state index in [0.29, 0.717) is 18.6 Å². The highest BCUT2D eigenvalue weighted by Crippen LogP contribution is 2.48. The minimum atomic E-state index is -0.581. The Morgan fingerprint density at radius 2 is 2.00 bits per heavy atom. The molecule has 5 heteroatoms. The molecule has 2 saturated carbocycles. The summed E-state index contributed by atoms with van der Waals surface area (Å²) in [6.45, 7) is 0.700. The van der Waals surface area contributed by atoms with E-state index in [0.717, 1.165) is 31.7 Å². The first-order chi connectivity index (χ1) is 12.1. The van der Waals surface area contributed by atoms with Crippen LogP contribution in [-0.4, -0.2) is 24.2 Å². The van der Waals surface area contributed by atoms with Gasteiger partial charge < -0.3 is 10.1 Å². The molecule has 4 rings (SSSR count). The maximum atomic E-state index is 13.9. The van der Waals surface area contributed by atoms with Crippen molar-refractivity contribution in [2.24, 2.45) is 5.92 Å². The van der Waals surface area contributed by atoms with Crippen LogP contribution in [0.25, 0.3) is 0 Å². The Bertz CT molecular complexity index is 652. The first kappa shape index (κ1) is 17.0. The molecule has 1 amide bonds. The summed E-state index contributed by atoms with van der Waals surface area (Å²) < 4.78 is 33.0. The summed E-state index contributed by atoms with van der Waals surface area (Å²) in [5.74, 6) is -1.43. The zero-order valence-corrected chi connectivity index (χ0v) is 14.4. The van der Waals surface area contributed by atoms with Crippen molar-refractivity contribution in [3.05, 3.63) is 35.4 Å². The Morgan fingerprint density at radius 3 is 2.76 bits per heavy atom. The van der Waals surface area contributed by atoms with Crippen LogP contribution in [0.3, 0.4) is 0 Å². The summed E-state index contributed by atoms with van der Waals surface area (Å²) in [4.78, 5) is 12.6. The molecule has 1 N–H and O–H groups in total. The topological polar surface area (TPSA) is 38.3 Å². The number of amides is 1. The van der Waals surface area contributed by atoms with Crippen molar-refractivity contribution in [2.75, 3.05) is 6.61 Å². The molecular weight excluding hydrogens is 324 g/mol. The summed E-state index contributed by atoms with van der Waals surface area (Å²) >= 11 is 0. The maximum Gasteiger partial charge on any atom is 0.223 e. The highest BCUT2D eigenvalue weighted by Gasteiger charge is 2.46. The predicted molar refractivity (Wildman–Crippen MR) is 90.1 cm³/mol. The van der Waals surface area contributed by atoms with Crippen LogP contribution in [0.5, 0.6) is 0 Å². The number of halogens is 2. The van der Waals surface area contributed by atoms with Crippen molar-refractivity contribution in [3.63, 3.8) is 0 Å². The third kappa shape index (κ3) is 3.57. The number of ether oxygens (including phenoxy) is 1. The lowest BCUT2D eigenvalue weighted by Crippen LogP contribution is -2.49. The molecule has 0 bridgehead atoms. The molecule has 136 valence electrons. The normalized spacial score (nSPS) is 30.9. The summed E-state index contributed by atoms with van der Waals surface area (Å²) in [6, 6.07) is 3.78. The van der Waals surface area contributed by atoms with Crippen LogP contribution in [0.2, 0.25) is 0 Å². The molecule has 2 aliphatic carbocycles. The van der Waals surface area contributed by atoms with E-state index in [1.54, 1.807) is 0 Å². The first-order valence-electron chi connectivity index (χ1n) is 9.46. The minimum Gasteiger partial charge on any atom is -0.375 e. The summed E-state index contributed by atoms with van der Waals surface area (Å²) in [7, 11) is 0. The molecule has 1 spiro atoms. The molecule has 1 heterocycles. The fraction of sp³-hybridized carbons (Fsp3) is 0.650. The second kappa shape index (κ2) is 6.67. The maximum absolute atomic E-state index is 13.9. The fourth-order valence-corrected chi connectivity index (χ4v) is 4.63. The van der Waals surface area contributed by atoms with E-state index >= 15 is 0 Å². The number of hydrogen-bond donors (Lipinski definition) is 1. The molecule has 1 aliphatic heterocycles. The van der Waals surface area contributed by atoms with Gasteiger partial charge in [-0.05, 0) is 49.7 Å². The molecule has 3 nitrogen and oxygen atoms in total. The number of hydrogen-bond acceptors (Lipinski definition) is 2. The van der Waals surface area contributed by atoms with Gasteiger partial charge in [0, 0.05) is 24.6 Å². The van der Waals surface area contributed by atoms with E-state index in [1.807, 2.05) is 0 Å². The largest absolute Gasteiger partial charge is 0.375 e. The lowest BCUT2D eigenvalue weighted by Gasteiger charge is -2.43. The van der Waals surface area contributed by atoms with Gasteiger partial charge in [-0.2, -0.15) is 0 Å². The van der Waals surface area contributed by atoms with Crippen molar-refractivity contribution in [1.29, 1.82) is 0 Å². The Labute approximate surface area is 147 Å². The second-order valence-electron chi connectivity index (χ2n) is 7.90. The van der Waals surface area contributed by atoms with Crippen molar-refractivity contribution in [2.45, 2.75) is 68.9 Å². The summed E-state index contributed by atoms with van der Waals surface area (Å²) in [5.41, 5.74) is 0.415. The van der Waals surface area contributed by atoms with E-state index in [9.17, 15) is 13.6 Å². The van der Waals surface area contributed by atoms with Gasteiger partial charge in [-0.1, -0.05) is 25.3 Å². The van der Waals surface area contributed by atoms with Gasteiger partial charge in [0.2, 0.25) is 5.91 Å². The van der Waals surface area contributed by atoms with E-state index in [1.165, 1.54) is 31.4 Å². The highest BCUT2D eigenvalue weighted by atomic mass is 19.1. The zero-order valence-electron chi connectivity index (χ0n) is 14.4. The van der Waals surface area contributed by atoms with E-state index < -0.39 is 11.6 Å². The molecule has 1 saturated heterocycles. The van der Waals surface area contributed by atoms with Crippen molar-refractivity contribution in [3.8, 4) is 0 Å². The van der Waals surface area contributed by atoms with E-state index in [4.69, 9.17) is 4.74 Å². The van der Waals surface area contributed by atoms with Gasteiger partial charge >= 0.3 is 0 Å². The number of rotatable bonds is 3. The van der Waals surface area contributed by atoms with Crippen molar-refractivity contribution < 1.29 is 18.3 Å². The molecule has 1 aromatic rings. The van der Waals surface area contributed by atoms with Crippen molar-refractivity contribution in [1.82, 2.24) is 5.32 Å². The highest BCUT2D eigenvalue weighted by molar-refractivity contribution is 5.83. The second-order valence-corrected chi connectivity index (χ2v) is 7.90. The number of benzene rings is 1. The molecule has 0 unspecified atom stereocenters. The molecule has 3 aliphatic rings. The molecule has 0 radical (unpaired) electrons. The summed E-state index contributed by atoms with van der Waals surface area (Å²) in [5, 5.41) is 3.17. The quantitative estimate of drug-likeness (QED) is 0.893. The average Bonchev–Trinajstić information content (AvgIpc) is 3.36. The number of carbonyl (C=O) groups is 1. The number of nitrogens with one attached hydrogen (secondary N) is 1. The molecular formula is C20H25F2NO2. The average molecular weight is 349 g/mol. The van der Waals surface area contributed by atoms with Crippen LogP contribution in [0.15, 0.2) is 18.2 Å². The lowest BCUT2D eigenvalue weighted by molar-refractivity contribution is -0.129. The first-order valence-corrected chi connectivity index (χ1v) is 9.46. The Hall–Kier alpha value is -1.49. The van der Waals surface area contributed by atoms with Crippen LogP contribution in [0.1, 0.15) is 62.8 Å². The van der Waals surface area contributed by atoms with Crippen LogP contribution in [-0.2, 0) is 9.53 Å². The lowest BCUT2D eigenvalue weighted by atomic mass is 9.78. The zero-order chi connectivity index (χ0) is 17.4. The standard InChI is InChI=1S/C20H25F2NO2/c21-13-4-5-15(18(22)10-13)16-11-17(16)19(24)23-14-6-9-25-20(12-14)7-2-1-3-8-20/h4-5,10,14,16-17H,1-3,6-9,11-12H2,(H,23,24)/t14-,16-,17-/m1/s1. The predicted octanol–water partition coefficient (Wildman–Crippen LogP) is 4.07.